The van der Waals surface area contributed by atoms with Crippen molar-refractivity contribution in [1.82, 2.24) is 34.0 Å². The minimum Gasteiger partial charge on any atom is -0.485 e. The first-order valence-corrected chi connectivity index (χ1v) is 19.3. The first kappa shape index (κ1) is 39.7. The average molecular weight is 827 g/mol. The van der Waals surface area contributed by atoms with E-state index in [1.165, 1.54) is 10.8 Å². The molecule has 1 saturated heterocycles. The summed E-state index contributed by atoms with van der Waals surface area (Å²) in [7, 11) is 1.60. The van der Waals surface area contributed by atoms with Crippen molar-refractivity contribution in [3.63, 3.8) is 0 Å². The Morgan fingerprint density at radius 2 is 1.68 bits per heavy atom. The number of nitrogens with zero attached hydrogens (tertiary/aromatic N) is 7. The van der Waals surface area contributed by atoms with Gasteiger partial charge in [-0.2, -0.15) is 22.7 Å². The van der Waals surface area contributed by atoms with Crippen LogP contribution >= 0.6 is 11.6 Å². The highest BCUT2D eigenvalue weighted by atomic mass is 35.5. The number of hydrogen-bond acceptors (Lipinski definition) is 9. The number of piperidine rings is 1. The van der Waals surface area contributed by atoms with Gasteiger partial charge in [0.15, 0.2) is 17.3 Å². The highest BCUT2D eigenvalue weighted by Gasteiger charge is 2.46. The van der Waals surface area contributed by atoms with E-state index in [1.54, 1.807) is 23.5 Å². The topological polar surface area (TPSA) is 146 Å². The molecule has 304 valence electrons. The van der Waals surface area contributed by atoms with Crippen LogP contribution in [0.25, 0.3) is 17.2 Å². The zero-order valence-corrected chi connectivity index (χ0v) is 32.8. The van der Waals surface area contributed by atoms with E-state index in [4.69, 9.17) is 26.1 Å². The van der Waals surface area contributed by atoms with Crippen LogP contribution in [-0.2, 0) is 47.3 Å². The standard InChI is InChI=1S/C42H38ClF3N8O5/c1-25-36(59-23-26-6-4-3-5-7-26)35(48-24-47-25)39(57)52-18-16-41(17-19-52)15-14-32-34(41)38(56)54-40(50-37(51-54)28-10-8-27(9-11-28)22-58-2)53(32)21-33(55)49-31-13-12-29(20-30(31)43)42(44,45)46/h3-13,20,24H,14-19,21-23H2,1-2H3,(H,49,55). The van der Waals surface area contributed by atoms with E-state index in [-0.39, 0.29) is 52.6 Å². The molecule has 2 amide bonds. The number of rotatable bonds is 10. The Kier molecular flexibility index (Phi) is 10.7. The number of aryl methyl sites for hydroxylation is 1. The van der Waals surface area contributed by atoms with Crippen LogP contribution in [0.3, 0.4) is 0 Å². The average Bonchev–Trinajstić information content (AvgIpc) is 3.83. The minimum atomic E-state index is -4.61. The van der Waals surface area contributed by atoms with Gasteiger partial charge in [0, 0.05) is 42.4 Å². The number of methoxy groups -OCH3 is 1. The van der Waals surface area contributed by atoms with Gasteiger partial charge < -0.3 is 24.3 Å². The molecule has 1 fully saturated rings. The monoisotopic (exact) mass is 826 g/mol. The molecule has 3 aromatic heterocycles. The Labute approximate surface area is 340 Å². The van der Waals surface area contributed by atoms with Gasteiger partial charge in [0.2, 0.25) is 11.7 Å². The second kappa shape index (κ2) is 15.9. The molecule has 0 saturated carbocycles. The number of aromatic nitrogens is 6. The highest BCUT2D eigenvalue weighted by molar-refractivity contribution is 6.33. The van der Waals surface area contributed by atoms with E-state index < -0.39 is 23.1 Å². The molecule has 1 N–H and O–H groups in total. The SMILES string of the molecule is COCc1ccc(-c2nc3n(CC(=O)Nc4ccc(C(F)(F)F)cc4Cl)c4c(c(=O)n3n2)C2(CC4)CCN(C(=O)c3ncnc(C)c3OCc3ccccc3)CC2)cc1. The van der Waals surface area contributed by atoms with Crippen molar-refractivity contribution >= 4 is 34.9 Å². The Morgan fingerprint density at radius 3 is 2.37 bits per heavy atom. The molecule has 3 aromatic carbocycles. The van der Waals surface area contributed by atoms with Crippen molar-refractivity contribution < 1.29 is 32.2 Å². The quantitative estimate of drug-likeness (QED) is 0.157. The molecule has 0 radical (unpaired) electrons. The number of anilines is 1. The predicted molar refractivity (Wildman–Crippen MR) is 211 cm³/mol. The predicted octanol–water partition coefficient (Wildman–Crippen LogP) is 6.81. The van der Waals surface area contributed by atoms with Crippen LogP contribution in [0, 0.1) is 6.92 Å². The fourth-order valence-corrected chi connectivity index (χ4v) is 8.24. The fourth-order valence-electron chi connectivity index (χ4n) is 8.01. The van der Waals surface area contributed by atoms with Crippen LogP contribution in [0.15, 0.2) is 83.9 Å². The van der Waals surface area contributed by atoms with Crippen LogP contribution < -0.4 is 15.6 Å². The number of hydrogen-bond donors (Lipinski definition) is 1. The molecular weight excluding hydrogens is 789 g/mol. The summed E-state index contributed by atoms with van der Waals surface area (Å²) in [6.45, 7) is 2.69. The van der Waals surface area contributed by atoms with E-state index >= 15 is 0 Å². The second-order valence-corrected chi connectivity index (χ2v) is 15.1. The lowest BCUT2D eigenvalue weighted by Gasteiger charge is -2.39. The lowest BCUT2D eigenvalue weighted by atomic mass is 9.74. The van der Waals surface area contributed by atoms with Crippen LogP contribution in [0.4, 0.5) is 18.9 Å². The van der Waals surface area contributed by atoms with Gasteiger partial charge in [-0.15, -0.1) is 5.10 Å². The number of benzene rings is 3. The van der Waals surface area contributed by atoms with Crippen LogP contribution in [0.2, 0.25) is 5.02 Å². The maximum absolute atomic E-state index is 14.6. The molecule has 1 aliphatic carbocycles. The number of halogens is 4. The van der Waals surface area contributed by atoms with Gasteiger partial charge in [-0.25, -0.2) is 9.97 Å². The molecule has 17 heteroatoms. The van der Waals surface area contributed by atoms with Crippen LogP contribution in [0.1, 0.15) is 63.4 Å². The van der Waals surface area contributed by atoms with E-state index in [0.29, 0.717) is 73.6 Å². The molecule has 8 rings (SSSR count). The summed E-state index contributed by atoms with van der Waals surface area (Å²) in [6, 6.07) is 19.6. The maximum Gasteiger partial charge on any atom is 0.416 e. The van der Waals surface area contributed by atoms with Crippen molar-refractivity contribution in [2.24, 2.45) is 0 Å². The third kappa shape index (κ3) is 7.77. The van der Waals surface area contributed by atoms with Gasteiger partial charge in [0.25, 0.3) is 11.5 Å². The smallest absolute Gasteiger partial charge is 0.416 e. The van der Waals surface area contributed by atoms with Crippen LogP contribution in [0.5, 0.6) is 5.75 Å². The summed E-state index contributed by atoms with van der Waals surface area (Å²) in [5.41, 5.74) is 2.31. The lowest BCUT2D eigenvalue weighted by Crippen LogP contribution is -2.47. The van der Waals surface area contributed by atoms with Crippen molar-refractivity contribution in [2.45, 2.75) is 64.0 Å². The zero-order valence-electron chi connectivity index (χ0n) is 32.1. The third-order valence-corrected chi connectivity index (χ3v) is 11.3. The molecule has 59 heavy (non-hydrogen) atoms. The molecule has 2 aliphatic rings. The van der Waals surface area contributed by atoms with Crippen molar-refractivity contribution in [2.75, 3.05) is 25.5 Å². The number of amides is 2. The van der Waals surface area contributed by atoms with E-state index in [0.717, 1.165) is 29.3 Å². The van der Waals surface area contributed by atoms with Crippen molar-refractivity contribution in [3.8, 4) is 17.1 Å². The molecule has 0 atom stereocenters. The molecular formula is C42H38ClF3N8O5. The summed E-state index contributed by atoms with van der Waals surface area (Å²) in [5.74, 6) is -0.209. The summed E-state index contributed by atoms with van der Waals surface area (Å²) >= 11 is 6.18. The minimum absolute atomic E-state index is 0.00213. The number of ether oxygens (including phenoxy) is 2. The highest BCUT2D eigenvalue weighted by Crippen LogP contribution is 2.45. The Bertz CT molecular complexity index is 2620. The summed E-state index contributed by atoms with van der Waals surface area (Å²) in [6.07, 6.45) is -1.37. The Hall–Kier alpha value is -6.13. The van der Waals surface area contributed by atoms with E-state index in [9.17, 15) is 27.6 Å². The summed E-state index contributed by atoms with van der Waals surface area (Å²) in [5, 5.41) is 6.99. The Balaban J connectivity index is 1.11. The van der Waals surface area contributed by atoms with Gasteiger partial charge in [0.05, 0.1) is 28.6 Å². The molecule has 1 spiro atoms. The number of carbonyl (C=O) groups excluding carboxylic acids is 2. The molecule has 6 aromatic rings. The van der Waals surface area contributed by atoms with Gasteiger partial charge in [-0.3, -0.25) is 14.4 Å². The maximum atomic E-state index is 14.6. The first-order valence-electron chi connectivity index (χ1n) is 18.9. The van der Waals surface area contributed by atoms with E-state index in [1.807, 2.05) is 54.6 Å². The van der Waals surface area contributed by atoms with Gasteiger partial charge in [-0.1, -0.05) is 66.2 Å². The van der Waals surface area contributed by atoms with Crippen molar-refractivity contribution in [3.05, 3.63) is 134 Å². The number of alkyl halides is 3. The summed E-state index contributed by atoms with van der Waals surface area (Å²) < 4.78 is 54.1. The normalized spacial score (nSPS) is 14.8. The summed E-state index contributed by atoms with van der Waals surface area (Å²) in [4.78, 5) is 57.3. The fraction of sp³-hybridized carbons (Fsp3) is 0.310. The third-order valence-electron chi connectivity index (χ3n) is 11.0. The second-order valence-electron chi connectivity index (χ2n) is 14.7. The van der Waals surface area contributed by atoms with Crippen LogP contribution in [-0.4, -0.2) is 66.0 Å². The largest absolute Gasteiger partial charge is 0.485 e. The molecule has 1 aliphatic heterocycles. The van der Waals surface area contributed by atoms with E-state index in [2.05, 4.69) is 20.4 Å². The lowest BCUT2D eigenvalue weighted by molar-refractivity contribution is -0.137. The number of carbonyl (C=O) groups is 2. The van der Waals surface area contributed by atoms with Gasteiger partial charge in [0.1, 0.15) is 19.5 Å². The number of likely N-dealkylation sites (tertiary alicyclic amines) is 1. The number of fused-ring (bicyclic) bond motifs is 3. The zero-order chi connectivity index (χ0) is 41.5. The molecule has 0 bridgehead atoms. The molecule has 13 nitrogen and oxygen atoms in total. The molecule has 0 unspecified atom stereocenters. The first-order chi connectivity index (χ1) is 28.3. The molecule has 4 heterocycles. The van der Waals surface area contributed by atoms with Gasteiger partial charge >= 0.3 is 6.18 Å². The van der Waals surface area contributed by atoms with Crippen molar-refractivity contribution in [1.29, 1.82) is 0 Å². The Morgan fingerprint density at radius 1 is 0.949 bits per heavy atom. The van der Waals surface area contributed by atoms with Gasteiger partial charge in [-0.05, 0) is 61.9 Å². The number of nitrogens with one attached hydrogen (secondary N) is 1.